The van der Waals surface area contributed by atoms with Gasteiger partial charge >= 0.3 is 0 Å². The Morgan fingerprint density at radius 2 is 1.84 bits per heavy atom. The molecule has 7 nitrogen and oxygen atoms in total. The second-order valence-electron chi connectivity index (χ2n) is 11.8. The molecule has 0 spiro atoms. The highest BCUT2D eigenvalue weighted by atomic mass is 32.2. The minimum absolute atomic E-state index is 0.0309. The van der Waals surface area contributed by atoms with E-state index in [1.54, 1.807) is 0 Å². The Labute approximate surface area is 259 Å². The smallest absolute Gasteiger partial charge is 0.250 e. The summed E-state index contributed by atoms with van der Waals surface area (Å²) in [4.78, 5) is 13.5. The van der Waals surface area contributed by atoms with Gasteiger partial charge in [0.1, 0.15) is 9.96 Å². The van der Waals surface area contributed by atoms with Crippen molar-refractivity contribution in [2.75, 3.05) is 13.2 Å². The SMILES string of the molecule is Cc1ccc2sc(S(=O)(=O)NC(CC(=O)NC3CCOc4cc(CNCCC(C)C)ccc43)c3ccccc3)c(C)c2c1. The number of hydrogen-bond acceptors (Lipinski definition) is 6. The van der Waals surface area contributed by atoms with Gasteiger partial charge < -0.3 is 15.4 Å². The zero-order valence-corrected chi connectivity index (χ0v) is 26.9. The van der Waals surface area contributed by atoms with Crippen LogP contribution in [-0.4, -0.2) is 27.5 Å². The third kappa shape index (κ3) is 7.65. The first kappa shape index (κ1) is 31.2. The van der Waals surface area contributed by atoms with Crippen LogP contribution in [0, 0.1) is 19.8 Å². The normalized spacial score (nSPS) is 15.7. The number of amides is 1. The summed E-state index contributed by atoms with van der Waals surface area (Å²) in [7, 11) is -3.90. The van der Waals surface area contributed by atoms with E-state index in [0.29, 0.717) is 18.9 Å². The van der Waals surface area contributed by atoms with Crippen LogP contribution < -0.4 is 20.1 Å². The van der Waals surface area contributed by atoms with Crippen molar-refractivity contribution >= 4 is 37.4 Å². The number of ether oxygens (including phenoxy) is 1. The van der Waals surface area contributed by atoms with Gasteiger partial charge in [-0.1, -0.05) is 74.0 Å². The topological polar surface area (TPSA) is 96.5 Å². The molecule has 2 heterocycles. The van der Waals surface area contributed by atoms with E-state index in [9.17, 15) is 13.2 Å². The first-order valence-corrected chi connectivity index (χ1v) is 17.2. The van der Waals surface area contributed by atoms with E-state index < -0.39 is 16.1 Å². The molecular formula is C34H41N3O4S2. The lowest BCUT2D eigenvalue weighted by Gasteiger charge is -2.28. The van der Waals surface area contributed by atoms with Crippen molar-refractivity contribution in [1.82, 2.24) is 15.4 Å². The molecule has 0 fully saturated rings. The minimum Gasteiger partial charge on any atom is -0.493 e. The Hall–Kier alpha value is -3.24. The van der Waals surface area contributed by atoms with Crippen LogP contribution in [0.15, 0.2) is 70.9 Å². The van der Waals surface area contributed by atoms with Crippen LogP contribution in [0.1, 0.15) is 73.0 Å². The Morgan fingerprint density at radius 3 is 2.60 bits per heavy atom. The van der Waals surface area contributed by atoms with E-state index in [1.165, 1.54) is 11.3 Å². The number of aryl methyl sites for hydroxylation is 2. The molecule has 0 bridgehead atoms. The highest BCUT2D eigenvalue weighted by Gasteiger charge is 2.29. The number of rotatable bonds is 12. The van der Waals surface area contributed by atoms with Gasteiger partial charge in [0.25, 0.3) is 10.0 Å². The van der Waals surface area contributed by atoms with Crippen molar-refractivity contribution in [2.45, 2.75) is 69.8 Å². The van der Waals surface area contributed by atoms with E-state index in [2.05, 4.69) is 35.3 Å². The average Bonchev–Trinajstić information content (AvgIpc) is 3.31. The molecule has 2 atom stereocenters. The van der Waals surface area contributed by atoms with Gasteiger partial charge in [0.2, 0.25) is 5.91 Å². The molecule has 228 valence electrons. The van der Waals surface area contributed by atoms with Gasteiger partial charge in [-0.2, -0.15) is 0 Å². The van der Waals surface area contributed by atoms with E-state index >= 15 is 0 Å². The molecule has 3 N–H and O–H groups in total. The number of hydrogen-bond donors (Lipinski definition) is 3. The zero-order valence-electron chi connectivity index (χ0n) is 25.3. The van der Waals surface area contributed by atoms with Crippen LogP contribution in [-0.2, 0) is 21.4 Å². The van der Waals surface area contributed by atoms with Crippen LogP contribution in [0.3, 0.4) is 0 Å². The molecule has 5 rings (SSSR count). The van der Waals surface area contributed by atoms with Crippen LogP contribution in [0.4, 0.5) is 0 Å². The van der Waals surface area contributed by atoms with E-state index in [4.69, 9.17) is 4.74 Å². The molecule has 0 radical (unpaired) electrons. The number of sulfonamides is 1. The summed E-state index contributed by atoms with van der Waals surface area (Å²) >= 11 is 1.26. The third-order valence-corrected chi connectivity index (χ3v) is 11.2. The molecule has 0 saturated carbocycles. The molecule has 1 aliphatic heterocycles. The first-order valence-electron chi connectivity index (χ1n) is 14.9. The van der Waals surface area contributed by atoms with Crippen LogP contribution in [0.25, 0.3) is 10.1 Å². The lowest BCUT2D eigenvalue weighted by atomic mass is 9.98. The van der Waals surface area contributed by atoms with Crippen molar-refractivity contribution in [3.05, 3.63) is 94.5 Å². The number of carbonyl (C=O) groups excluding carboxylic acids is 1. The molecule has 43 heavy (non-hydrogen) atoms. The summed E-state index contributed by atoms with van der Waals surface area (Å²) in [6.45, 7) is 10.5. The maximum atomic E-state index is 13.7. The summed E-state index contributed by atoms with van der Waals surface area (Å²) in [5, 5.41) is 7.58. The Kier molecular flexibility index (Phi) is 9.86. The van der Waals surface area contributed by atoms with Gasteiger partial charge in [0.05, 0.1) is 18.7 Å². The highest BCUT2D eigenvalue weighted by Crippen LogP contribution is 2.36. The second kappa shape index (κ2) is 13.6. The van der Waals surface area contributed by atoms with Crippen LogP contribution >= 0.6 is 11.3 Å². The molecule has 1 aliphatic rings. The van der Waals surface area contributed by atoms with E-state index in [1.807, 2.05) is 74.5 Å². The monoisotopic (exact) mass is 619 g/mol. The highest BCUT2D eigenvalue weighted by molar-refractivity contribution is 7.91. The summed E-state index contributed by atoms with van der Waals surface area (Å²) in [6, 6.07) is 20.5. The largest absolute Gasteiger partial charge is 0.493 e. The fraction of sp³-hybridized carbons (Fsp3) is 0.382. The predicted molar refractivity (Wildman–Crippen MR) is 174 cm³/mol. The van der Waals surface area contributed by atoms with Crippen molar-refractivity contribution in [2.24, 2.45) is 5.92 Å². The lowest BCUT2D eigenvalue weighted by molar-refractivity contribution is -0.122. The zero-order chi connectivity index (χ0) is 30.6. The fourth-order valence-electron chi connectivity index (χ4n) is 5.48. The predicted octanol–water partition coefficient (Wildman–Crippen LogP) is 6.70. The van der Waals surface area contributed by atoms with Crippen LogP contribution in [0.2, 0.25) is 0 Å². The Morgan fingerprint density at radius 1 is 1.05 bits per heavy atom. The minimum atomic E-state index is -3.90. The maximum Gasteiger partial charge on any atom is 0.250 e. The fourth-order valence-corrected chi connectivity index (χ4v) is 8.47. The van der Waals surface area contributed by atoms with Crippen molar-refractivity contribution in [1.29, 1.82) is 0 Å². The summed E-state index contributed by atoms with van der Waals surface area (Å²) in [6.07, 6.45) is 1.74. The molecule has 1 amide bonds. The van der Waals surface area contributed by atoms with Gasteiger partial charge in [0.15, 0.2) is 0 Å². The molecule has 1 aromatic heterocycles. The average molecular weight is 620 g/mol. The molecule has 2 unspecified atom stereocenters. The molecule has 9 heteroatoms. The Bertz CT molecular complexity index is 1680. The summed E-state index contributed by atoms with van der Waals surface area (Å²) in [5.41, 5.74) is 4.62. The van der Waals surface area contributed by atoms with Crippen molar-refractivity contribution in [3.63, 3.8) is 0 Å². The van der Waals surface area contributed by atoms with Gasteiger partial charge in [-0.15, -0.1) is 11.3 Å². The van der Waals surface area contributed by atoms with E-state index in [-0.39, 0.29) is 22.6 Å². The first-order chi connectivity index (χ1) is 20.6. The quantitative estimate of drug-likeness (QED) is 0.153. The molecular weight excluding hydrogens is 579 g/mol. The molecule has 0 saturated heterocycles. The number of benzene rings is 3. The maximum absolute atomic E-state index is 13.7. The van der Waals surface area contributed by atoms with Crippen LogP contribution in [0.5, 0.6) is 5.75 Å². The number of thiophene rings is 1. The van der Waals surface area contributed by atoms with E-state index in [0.717, 1.165) is 63.2 Å². The number of nitrogens with one attached hydrogen (secondary N) is 3. The molecule has 3 aromatic carbocycles. The van der Waals surface area contributed by atoms with Crippen molar-refractivity contribution in [3.8, 4) is 5.75 Å². The number of fused-ring (bicyclic) bond motifs is 2. The standard InChI is InChI=1S/C34H41N3O4S2/c1-22(2)14-16-35-21-25-11-12-27-29(15-17-41-31(27)19-25)36-33(38)20-30(26-8-6-5-7-9-26)37-43(39,40)34-24(4)28-18-23(3)10-13-32(28)42-34/h5-13,18-19,22,29-30,35,37H,14-17,20-21H2,1-4H3,(H,36,38). The Balaban J connectivity index is 1.31. The molecule has 0 aliphatic carbocycles. The van der Waals surface area contributed by atoms with Gasteiger partial charge in [-0.3, -0.25) is 4.79 Å². The number of carbonyl (C=O) groups is 1. The third-order valence-electron chi connectivity index (χ3n) is 7.86. The lowest BCUT2D eigenvalue weighted by Crippen LogP contribution is -2.36. The van der Waals surface area contributed by atoms with Gasteiger partial charge in [-0.25, -0.2) is 13.1 Å². The summed E-state index contributed by atoms with van der Waals surface area (Å²) in [5.74, 6) is 1.22. The van der Waals surface area contributed by atoms with Crippen molar-refractivity contribution < 1.29 is 17.9 Å². The molecule has 4 aromatic rings. The summed E-state index contributed by atoms with van der Waals surface area (Å²) < 4.78 is 37.5. The van der Waals surface area contributed by atoms with Gasteiger partial charge in [0, 0.05) is 29.6 Å². The second-order valence-corrected chi connectivity index (χ2v) is 14.8. The van der Waals surface area contributed by atoms with Gasteiger partial charge in [-0.05, 0) is 66.9 Å².